The van der Waals surface area contributed by atoms with Crippen LogP contribution in [0.5, 0.6) is 0 Å². The van der Waals surface area contributed by atoms with E-state index in [1.165, 1.54) is 12.1 Å². The topological polar surface area (TPSA) is 53.7 Å². The third-order valence-electron chi connectivity index (χ3n) is 5.10. The van der Waals surface area contributed by atoms with Crippen LogP contribution in [0.2, 0.25) is 0 Å². The van der Waals surface area contributed by atoms with Crippen molar-refractivity contribution in [2.75, 3.05) is 26.2 Å². The molecule has 2 aromatic heterocycles. The third kappa shape index (κ3) is 3.95. The van der Waals surface area contributed by atoms with E-state index in [1.807, 2.05) is 0 Å². The van der Waals surface area contributed by atoms with Gasteiger partial charge in [0.25, 0.3) is 5.91 Å². The highest BCUT2D eigenvalue weighted by molar-refractivity contribution is 6.01. The van der Waals surface area contributed by atoms with Gasteiger partial charge in [0.05, 0.1) is 11.3 Å². The van der Waals surface area contributed by atoms with Gasteiger partial charge >= 0.3 is 6.18 Å². The summed E-state index contributed by atoms with van der Waals surface area (Å²) in [5, 5.41) is 4.33. The van der Waals surface area contributed by atoms with Crippen LogP contribution in [0.4, 0.5) is 13.2 Å². The van der Waals surface area contributed by atoms with Crippen molar-refractivity contribution in [3.63, 3.8) is 0 Å². The van der Waals surface area contributed by atoms with Crippen molar-refractivity contribution >= 4 is 11.6 Å². The van der Waals surface area contributed by atoms with Crippen molar-refractivity contribution < 1.29 is 18.0 Å². The molecule has 1 aliphatic rings. The first-order chi connectivity index (χ1) is 13.8. The SMILES string of the molecule is Cc1nn2cccnc2c1C(=O)N1CCN(Cc2cccc(C(F)(F)F)c2)CC1. The van der Waals surface area contributed by atoms with Gasteiger partial charge in [-0.05, 0) is 24.6 Å². The molecular formula is C20H20F3N5O. The molecule has 0 unspecified atom stereocenters. The van der Waals surface area contributed by atoms with E-state index < -0.39 is 11.7 Å². The maximum atomic E-state index is 13.0. The Kier molecular flexibility index (Phi) is 4.99. The average molecular weight is 403 g/mol. The van der Waals surface area contributed by atoms with E-state index in [9.17, 15) is 18.0 Å². The number of hydrogen-bond donors (Lipinski definition) is 0. The second-order valence-electron chi connectivity index (χ2n) is 7.11. The summed E-state index contributed by atoms with van der Waals surface area (Å²) in [6.07, 6.45) is -0.971. The molecule has 1 saturated heterocycles. The molecule has 6 nitrogen and oxygen atoms in total. The van der Waals surface area contributed by atoms with Gasteiger partial charge in [-0.25, -0.2) is 9.50 Å². The molecule has 152 valence electrons. The van der Waals surface area contributed by atoms with Crippen LogP contribution in [0.25, 0.3) is 5.65 Å². The van der Waals surface area contributed by atoms with Gasteiger partial charge in [-0.15, -0.1) is 0 Å². The Morgan fingerprint density at radius 1 is 1.14 bits per heavy atom. The second-order valence-corrected chi connectivity index (χ2v) is 7.11. The predicted molar refractivity (Wildman–Crippen MR) is 100 cm³/mol. The van der Waals surface area contributed by atoms with Crippen LogP contribution in [0.1, 0.15) is 27.2 Å². The molecule has 0 N–H and O–H groups in total. The summed E-state index contributed by atoms with van der Waals surface area (Å²) in [7, 11) is 0. The summed E-state index contributed by atoms with van der Waals surface area (Å²) in [5.74, 6) is -0.116. The second kappa shape index (κ2) is 7.47. The van der Waals surface area contributed by atoms with E-state index in [0.29, 0.717) is 55.2 Å². The molecule has 3 heterocycles. The molecule has 9 heteroatoms. The molecule has 29 heavy (non-hydrogen) atoms. The highest BCUT2D eigenvalue weighted by atomic mass is 19.4. The Morgan fingerprint density at radius 2 is 1.90 bits per heavy atom. The molecule has 1 amide bonds. The maximum absolute atomic E-state index is 13.0. The lowest BCUT2D eigenvalue weighted by Gasteiger charge is -2.34. The monoisotopic (exact) mass is 403 g/mol. The van der Waals surface area contributed by atoms with Gasteiger partial charge in [-0.1, -0.05) is 18.2 Å². The van der Waals surface area contributed by atoms with E-state index in [0.717, 1.165) is 6.07 Å². The van der Waals surface area contributed by atoms with Gasteiger partial charge in [0.2, 0.25) is 0 Å². The largest absolute Gasteiger partial charge is 0.416 e. The molecule has 0 atom stereocenters. The van der Waals surface area contributed by atoms with Gasteiger partial charge in [-0.2, -0.15) is 18.3 Å². The standard InChI is InChI=1S/C20H20F3N5O/c1-14-17(18-24-6-3-7-28(18)25-14)19(29)27-10-8-26(9-11-27)13-15-4-2-5-16(12-15)20(21,22)23/h2-7,12H,8-11,13H2,1H3. The summed E-state index contributed by atoms with van der Waals surface area (Å²) in [5.41, 5.74) is 1.63. The van der Waals surface area contributed by atoms with Crippen LogP contribution in [-0.2, 0) is 12.7 Å². The minimum absolute atomic E-state index is 0.116. The van der Waals surface area contributed by atoms with E-state index >= 15 is 0 Å². The Balaban J connectivity index is 1.42. The number of fused-ring (bicyclic) bond motifs is 1. The minimum atomic E-state index is -4.35. The van der Waals surface area contributed by atoms with Crippen molar-refractivity contribution in [2.45, 2.75) is 19.6 Å². The molecule has 0 aliphatic carbocycles. The molecule has 1 aromatic carbocycles. The molecule has 4 rings (SSSR count). The van der Waals surface area contributed by atoms with E-state index in [2.05, 4.69) is 15.0 Å². The van der Waals surface area contributed by atoms with Crippen molar-refractivity contribution in [1.29, 1.82) is 0 Å². The van der Waals surface area contributed by atoms with Crippen molar-refractivity contribution in [1.82, 2.24) is 24.4 Å². The van der Waals surface area contributed by atoms with Gasteiger partial charge in [0.15, 0.2) is 5.65 Å². The zero-order valence-corrected chi connectivity index (χ0v) is 15.9. The number of nitrogens with zero attached hydrogens (tertiary/aromatic N) is 5. The van der Waals surface area contributed by atoms with Crippen molar-refractivity contribution in [3.05, 3.63) is 65.1 Å². The molecule has 0 saturated carbocycles. The van der Waals surface area contributed by atoms with E-state index in [1.54, 1.807) is 40.9 Å². The number of alkyl halides is 3. The summed E-state index contributed by atoms with van der Waals surface area (Å²) in [6, 6.07) is 7.14. The number of carbonyl (C=O) groups is 1. The highest BCUT2D eigenvalue weighted by Crippen LogP contribution is 2.29. The fourth-order valence-electron chi connectivity index (χ4n) is 3.62. The smallest absolute Gasteiger partial charge is 0.336 e. The average Bonchev–Trinajstić information content (AvgIpc) is 3.03. The molecule has 1 aliphatic heterocycles. The first-order valence-electron chi connectivity index (χ1n) is 9.30. The molecular weight excluding hydrogens is 383 g/mol. The summed E-state index contributed by atoms with van der Waals surface area (Å²) < 4.78 is 40.3. The number of halogens is 3. The van der Waals surface area contributed by atoms with Crippen LogP contribution in [0.15, 0.2) is 42.7 Å². The Morgan fingerprint density at radius 3 is 2.62 bits per heavy atom. The number of aromatic nitrogens is 3. The first kappa shape index (κ1) is 19.4. The number of hydrogen-bond acceptors (Lipinski definition) is 4. The number of aryl methyl sites for hydroxylation is 1. The predicted octanol–water partition coefficient (Wildman–Crippen LogP) is 3.01. The van der Waals surface area contributed by atoms with Crippen LogP contribution in [-0.4, -0.2) is 56.5 Å². The first-order valence-corrected chi connectivity index (χ1v) is 9.30. The van der Waals surface area contributed by atoms with Crippen LogP contribution >= 0.6 is 0 Å². The maximum Gasteiger partial charge on any atom is 0.416 e. The lowest BCUT2D eigenvalue weighted by molar-refractivity contribution is -0.137. The van der Waals surface area contributed by atoms with Crippen molar-refractivity contribution in [3.8, 4) is 0 Å². The zero-order valence-electron chi connectivity index (χ0n) is 15.9. The van der Waals surface area contributed by atoms with Gasteiger partial charge < -0.3 is 4.90 Å². The van der Waals surface area contributed by atoms with Gasteiger partial charge in [0, 0.05) is 45.1 Å². The Labute approximate surface area is 165 Å². The molecule has 0 bridgehead atoms. The summed E-state index contributed by atoms with van der Waals surface area (Å²) >= 11 is 0. The van der Waals surface area contributed by atoms with E-state index in [-0.39, 0.29) is 5.91 Å². The van der Waals surface area contributed by atoms with Crippen LogP contribution in [0, 0.1) is 6.92 Å². The third-order valence-corrected chi connectivity index (χ3v) is 5.10. The highest BCUT2D eigenvalue weighted by Gasteiger charge is 2.31. The Hall–Kier alpha value is -2.94. The zero-order chi connectivity index (χ0) is 20.6. The number of piperazine rings is 1. The summed E-state index contributed by atoms with van der Waals surface area (Å²) in [6.45, 7) is 4.39. The number of amides is 1. The van der Waals surface area contributed by atoms with Crippen LogP contribution < -0.4 is 0 Å². The quantitative estimate of drug-likeness (QED) is 0.675. The lowest BCUT2D eigenvalue weighted by Crippen LogP contribution is -2.48. The molecule has 1 fully saturated rings. The number of rotatable bonds is 3. The fraction of sp³-hybridized carbons (Fsp3) is 0.350. The van der Waals surface area contributed by atoms with Gasteiger partial charge in [-0.3, -0.25) is 9.69 Å². The number of benzene rings is 1. The van der Waals surface area contributed by atoms with Crippen molar-refractivity contribution in [2.24, 2.45) is 0 Å². The molecule has 0 spiro atoms. The van der Waals surface area contributed by atoms with Crippen LogP contribution in [0.3, 0.4) is 0 Å². The lowest BCUT2D eigenvalue weighted by atomic mass is 10.1. The fourth-order valence-corrected chi connectivity index (χ4v) is 3.62. The molecule has 0 radical (unpaired) electrons. The molecule has 3 aromatic rings. The minimum Gasteiger partial charge on any atom is -0.336 e. The number of carbonyl (C=O) groups excluding carboxylic acids is 1. The Bertz CT molecular complexity index is 1040. The normalized spacial score (nSPS) is 15.8. The van der Waals surface area contributed by atoms with E-state index in [4.69, 9.17) is 0 Å². The van der Waals surface area contributed by atoms with Gasteiger partial charge in [0.1, 0.15) is 5.56 Å². The summed E-state index contributed by atoms with van der Waals surface area (Å²) in [4.78, 5) is 21.1.